The summed E-state index contributed by atoms with van der Waals surface area (Å²) < 4.78 is 37.7. The molecule has 2 aromatic heterocycles. The number of nitrogens with one attached hydrogen (secondary N) is 2. The number of aromatic carboxylic acids is 1. The van der Waals surface area contributed by atoms with E-state index < -0.39 is 23.8 Å². The first kappa shape index (κ1) is 29.7. The van der Waals surface area contributed by atoms with Gasteiger partial charge in [0.25, 0.3) is 0 Å². The number of halogens is 5. The maximum Gasteiger partial charge on any atom is 0.416 e. The summed E-state index contributed by atoms with van der Waals surface area (Å²) in [5.74, 6) is -0.823. The molecule has 0 amide bonds. The fourth-order valence-corrected chi connectivity index (χ4v) is 4.21. The van der Waals surface area contributed by atoms with Gasteiger partial charge in [-0.1, -0.05) is 77.3 Å². The van der Waals surface area contributed by atoms with Crippen LogP contribution in [0.5, 0.6) is 0 Å². The van der Waals surface area contributed by atoms with Crippen LogP contribution >= 0.6 is 23.2 Å². The van der Waals surface area contributed by atoms with Crippen molar-refractivity contribution < 1.29 is 23.1 Å². The lowest BCUT2D eigenvalue weighted by Crippen LogP contribution is -2.04. The molecule has 0 radical (unpaired) electrons. The number of hydrogen-bond donors (Lipinski definition) is 2. The summed E-state index contributed by atoms with van der Waals surface area (Å²) >= 11 is 12.4. The van der Waals surface area contributed by atoms with Crippen LogP contribution in [0.3, 0.4) is 0 Å². The second-order valence-electron chi connectivity index (χ2n) is 8.70. The van der Waals surface area contributed by atoms with Gasteiger partial charge in [-0.15, -0.1) is 16.2 Å². The third-order valence-corrected chi connectivity index (χ3v) is 6.42. The van der Waals surface area contributed by atoms with Gasteiger partial charge in [0.1, 0.15) is 0 Å². The molecule has 0 fully saturated rings. The van der Waals surface area contributed by atoms with E-state index in [2.05, 4.69) is 25.7 Å². The monoisotopic (exact) mass is 602 g/mol. The molecule has 0 unspecified atom stereocenters. The molecule has 0 spiro atoms. The number of carboxylic acids is 1. The number of rotatable bonds is 6. The van der Waals surface area contributed by atoms with Crippen LogP contribution in [0, 0.1) is 0 Å². The number of aromatic amines is 1. The SMILES string of the molecule is C[C@@H]([NH-])c1ccc(C(F)(F)F)cc1.O=C(O)c1nn(-c2ccccc2Cl)c(-c2ccc(Cl)cc2)c1Cc1nn[nH]n1. The normalized spacial score (nSPS) is 12.0. The number of carbonyl (C=O) groups is 1. The molecule has 5 rings (SSSR count). The van der Waals surface area contributed by atoms with E-state index in [4.69, 9.17) is 28.9 Å². The molecule has 0 aliphatic heterocycles. The molecule has 9 nitrogen and oxygen atoms in total. The number of nitrogens with zero attached hydrogens (tertiary/aromatic N) is 5. The predicted octanol–water partition coefficient (Wildman–Crippen LogP) is 7.47. The van der Waals surface area contributed by atoms with Crippen LogP contribution in [-0.4, -0.2) is 41.5 Å². The molecule has 2 heterocycles. The van der Waals surface area contributed by atoms with Crippen LogP contribution in [0.15, 0.2) is 72.8 Å². The van der Waals surface area contributed by atoms with Gasteiger partial charge in [0.2, 0.25) is 0 Å². The number of aromatic nitrogens is 6. The highest BCUT2D eigenvalue weighted by molar-refractivity contribution is 6.32. The fraction of sp³-hybridized carbons (Fsp3) is 0.148. The summed E-state index contributed by atoms with van der Waals surface area (Å²) in [6, 6.07) is 18.3. The highest BCUT2D eigenvalue weighted by Crippen LogP contribution is 2.34. The summed E-state index contributed by atoms with van der Waals surface area (Å²) in [5, 5.41) is 28.9. The topological polar surface area (TPSA) is 133 Å². The number of para-hydroxylation sites is 1. The molecular formula is C27H21Cl2F3N7O2-. The maximum atomic E-state index is 12.1. The van der Waals surface area contributed by atoms with Crippen molar-refractivity contribution in [2.45, 2.75) is 25.6 Å². The van der Waals surface area contributed by atoms with Gasteiger partial charge in [-0.2, -0.15) is 23.5 Å². The molecule has 1 atom stereocenters. The molecule has 0 aliphatic rings. The van der Waals surface area contributed by atoms with Gasteiger partial charge in [0.15, 0.2) is 11.5 Å². The maximum absolute atomic E-state index is 12.1. The minimum absolute atomic E-state index is 0.116. The number of benzene rings is 3. The van der Waals surface area contributed by atoms with Gasteiger partial charge < -0.3 is 10.8 Å². The van der Waals surface area contributed by atoms with E-state index >= 15 is 0 Å². The first-order valence-electron chi connectivity index (χ1n) is 11.9. The van der Waals surface area contributed by atoms with E-state index in [1.54, 1.807) is 55.5 Å². The van der Waals surface area contributed by atoms with Crippen LogP contribution in [0.25, 0.3) is 22.7 Å². The van der Waals surface area contributed by atoms with Crippen LogP contribution in [0.1, 0.15) is 46.0 Å². The Morgan fingerprint density at radius 3 is 2.24 bits per heavy atom. The van der Waals surface area contributed by atoms with Crippen LogP contribution in [-0.2, 0) is 12.6 Å². The number of hydrogen-bond acceptors (Lipinski definition) is 5. The zero-order valence-electron chi connectivity index (χ0n) is 21.2. The van der Waals surface area contributed by atoms with Gasteiger partial charge in [0, 0.05) is 22.6 Å². The summed E-state index contributed by atoms with van der Waals surface area (Å²) in [6.07, 6.45) is -4.16. The number of carboxylic acid groups (broad SMARTS) is 1. The first-order chi connectivity index (χ1) is 19.5. The van der Waals surface area contributed by atoms with Crippen molar-refractivity contribution in [2.24, 2.45) is 0 Å². The quantitative estimate of drug-likeness (QED) is 0.207. The molecule has 3 N–H and O–H groups in total. The lowest BCUT2D eigenvalue weighted by molar-refractivity contribution is -0.137. The molecule has 0 saturated carbocycles. The van der Waals surface area contributed by atoms with Gasteiger partial charge in [-0.05, 0) is 36.4 Å². The third kappa shape index (κ3) is 7.09. The highest BCUT2D eigenvalue weighted by Gasteiger charge is 2.30. The van der Waals surface area contributed by atoms with Crippen molar-refractivity contribution in [2.75, 3.05) is 0 Å². The Balaban J connectivity index is 0.000000251. The first-order valence-corrected chi connectivity index (χ1v) is 12.7. The Morgan fingerprint density at radius 2 is 1.71 bits per heavy atom. The van der Waals surface area contributed by atoms with Crippen molar-refractivity contribution in [3.05, 3.63) is 117 Å². The van der Waals surface area contributed by atoms with E-state index in [-0.39, 0.29) is 12.1 Å². The van der Waals surface area contributed by atoms with Gasteiger partial charge in [0.05, 0.1) is 22.0 Å². The van der Waals surface area contributed by atoms with E-state index in [1.165, 1.54) is 16.8 Å². The Bertz CT molecular complexity index is 1620. The third-order valence-electron chi connectivity index (χ3n) is 5.85. The average molecular weight is 603 g/mol. The van der Waals surface area contributed by atoms with E-state index in [1.807, 2.05) is 0 Å². The van der Waals surface area contributed by atoms with Crippen molar-refractivity contribution in [3.63, 3.8) is 0 Å². The Kier molecular flexibility index (Phi) is 9.06. The molecule has 0 aliphatic carbocycles. The number of tetrazole rings is 1. The van der Waals surface area contributed by atoms with E-state index in [0.29, 0.717) is 38.4 Å². The number of alkyl halides is 3. The summed E-state index contributed by atoms with van der Waals surface area (Å²) in [7, 11) is 0. The molecular weight excluding hydrogens is 582 g/mol. The molecule has 5 aromatic rings. The largest absolute Gasteiger partial charge is 0.671 e. The predicted molar refractivity (Wildman–Crippen MR) is 147 cm³/mol. The van der Waals surface area contributed by atoms with Gasteiger partial charge in [-0.3, -0.25) is 0 Å². The van der Waals surface area contributed by atoms with E-state index in [9.17, 15) is 23.1 Å². The molecule has 0 saturated heterocycles. The standard InChI is InChI=1S/C18H12Cl2N6O2.C9H9F3N/c19-11-7-5-10(6-8-11)17-12(9-15-21-24-25-22-15)16(18(27)28)23-26(17)14-4-2-1-3-13(14)20;1-6(13)7-2-4-8(5-3-7)9(10,11)12/h1-8H,9H2,(H,27,28)(H,21,22,24,25);2-6,13H,1H3/q;-1/t;6-/m.1/s1. The Labute approximate surface area is 241 Å². The Hall–Kier alpha value is -4.26. The fourth-order valence-electron chi connectivity index (χ4n) is 3.87. The summed E-state index contributed by atoms with van der Waals surface area (Å²) in [5.41, 5.74) is 9.35. The molecule has 41 heavy (non-hydrogen) atoms. The van der Waals surface area contributed by atoms with Crippen LogP contribution in [0.4, 0.5) is 13.2 Å². The lowest BCUT2D eigenvalue weighted by Gasteiger charge is -2.14. The lowest BCUT2D eigenvalue weighted by atomic mass is 10.0. The minimum atomic E-state index is -4.29. The van der Waals surface area contributed by atoms with Crippen LogP contribution in [0.2, 0.25) is 10.0 Å². The van der Waals surface area contributed by atoms with Crippen molar-refractivity contribution in [3.8, 4) is 16.9 Å². The second kappa shape index (κ2) is 12.5. The Morgan fingerprint density at radius 1 is 1.05 bits per heavy atom. The molecule has 212 valence electrons. The van der Waals surface area contributed by atoms with Crippen molar-refractivity contribution in [1.29, 1.82) is 0 Å². The minimum Gasteiger partial charge on any atom is -0.671 e. The smallest absolute Gasteiger partial charge is 0.416 e. The highest BCUT2D eigenvalue weighted by atomic mass is 35.5. The van der Waals surface area contributed by atoms with Gasteiger partial charge >= 0.3 is 12.1 Å². The number of H-pyrrole nitrogens is 1. The van der Waals surface area contributed by atoms with Gasteiger partial charge in [-0.25, -0.2) is 9.48 Å². The molecule has 0 bridgehead atoms. The summed E-state index contributed by atoms with van der Waals surface area (Å²) in [6.45, 7) is 1.61. The zero-order valence-corrected chi connectivity index (χ0v) is 22.7. The second-order valence-corrected chi connectivity index (χ2v) is 9.54. The molecule has 14 heteroatoms. The zero-order chi connectivity index (χ0) is 29.7. The van der Waals surface area contributed by atoms with E-state index in [0.717, 1.165) is 17.7 Å². The molecule has 3 aromatic carbocycles. The van der Waals surface area contributed by atoms with Crippen molar-refractivity contribution >= 4 is 29.2 Å². The summed E-state index contributed by atoms with van der Waals surface area (Å²) in [4.78, 5) is 11.9. The average Bonchev–Trinajstić information content (AvgIpc) is 3.58. The van der Waals surface area contributed by atoms with Crippen LogP contribution < -0.4 is 0 Å². The van der Waals surface area contributed by atoms with Crippen molar-refractivity contribution in [1.82, 2.24) is 30.4 Å².